The topological polar surface area (TPSA) is 59.1 Å². The molecule has 0 saturated heterocycles. The number of rotatable bonds is 33. The Morgan fingerprint density at radius 1 is 0.423 bits per heavy atom. The highest BCUT2D eigenvalue weighted by Crippen LogP contribution is 2.21. The Hall–Kier alpha value is -2.70. The highest BCUT2D eigenvalue weighted by Gasteiger charge is 2.08. The molecular formula is C46H76N2O4. The standard InChI is InChI=1S/C46H76N2O4/c1-5-7-9-11-13-15-17-19-21-35-47(3)37-23-25-45(49)51-39-41-27-31-43(32-28-41)44-33-29-42(30-34-44)40-52-46(50)26-24-38-48(4)36-22-20-18-16-14-12-10-8-6-2/h27-34H,5-26,35-40H2,1-4H3. The number of hydrogen-bond acceptors (Lipinski definition) is 6. The SMILES string of the molecule is CCCCCCCCCCCN(C)CCCC(=O)OCc1ccc(-c2ccc(COC(=O)CCCN(C)CCCCCCCCCCC)cc2)cc1. The van der Waals surface area contributed by atoms with Crippen LogP contribution in [0.25, 0.3) is 11.1 Å². The molecule has 0 radical (unpaired) electrons. The van der Waals surface area contributed by atoms with Crippen molar-refractivity contribution in [2.45, 2.75) is 168 Å². The monoisotopic (exact) mass is 721 g/mol. The van der Waals surface area contributed by atoms with Crippen molar-refractivity contribution in [2.75, 3.05) is 40.3 Å². The molecule has 0 atom stereocenters. The molecule has 0 aromatic heterocycles. The van der Waals surface area contributed by atoms with Crippen molar-refractivity contribution in [2.24, 2.45) is 0 Å². The Bertz CT molecular complexity index is 1060. The highest BCUT2D eigenvalue weighted by atomic mass is 16.5. The second-order valence-corrected chi connectivity index (χ2v) is 15.2. The van der Waals surface area contributed by atoms with Crippen LogP contribution >= 0.6 is 0 Å². The third-order valence-electron chi connectivity index (χ3n) is 10.2. The summed E-state index contributed by atoms with van der Waals surface area (Å²) in [6, 6.07) is 16.3. The van der Waals surface area contributed by atoms with Gasteiger partial charge in [0.1, 0.15) is 13.2 Å². The first-order chi connectivity index (χ1) is 25.4. The summed E-state index contributed by atoms with van der Waals surface area (Å²) >= 11 is 0. The minimum atomic E-state index is -0.131. The van der Waals surface area contributed by atoms with E-state index in [-0.39, 0.29) is 11.9 Å². The molecule has 0 aliphatic carbocycles. The fourth-order valence-corrected chi connectivity index (χ4v) is 6.65. The quantitative estimate of drug-likeness (QED) is 0.0540. The van der Waals surface area contributed by atoms with Gasteiger partial charge in [0.15, 0.2) is 0 Å². The van der Waals surface area contributed by atoms with Gasteiger partial charge in [0.2, 0.25) is 0 Å². The predicted octanol–water partition coefficient (Wildman–Crippen LogP) is 11.9. The van der Waals surface area contributed by atoms with Gasteiger partial charge >= 0.3 is 11.9 Å². The zero-order chi connectivity index (χ0) is 37.5. The smallest absolute Gasteiger partial charge is 0.306 e. The van der Waals surface area contributed by atoms with Crippen LogP contribution in [0.4, 0.5) is 0 Å². The molecule has 0 bridgehead atoms. The van der Waals surface area contributed by atoms with Crippen LogP contribution in [0.3, 0.4) is 0 Å². The first-order valence-corrected chi connectivity index (χ1v) is 21.3. The van der Waals surface area contributed by atoms with Crippen LogP contribution in [0.15, 0.2) is 48.5 Å². The molecule has 0 spiro atoms. The van der Waals surface area contributed by atoms with Crippen molar-refractivity contribution >= 4 is 11.9 Å². The molecule has 52 heavy (non-hydrogen) atoms. The van der Waals surface area contributed by atoms with Gasteiger partial charge in [-0.05, 0) is 88.2 Å². The second kappa shape index (κ2) is 30.7. The molecule has 2 aromatic carbocycles. The summed E-state index contributed by atoms with van der Waals surface area (Å²) in [4.78, 5) is 29.3. The predicted molar refractivity (Wildman–Crippen MR) is 219 cm³/mol. The van der Waals surface area contributed by atoms with Crippen LogP contribution in [-0.2, 0) is 32.3 Å². The third-order valence-corrected chi connectivity index (χ3v) is 10.2. The zero-order valence-electron chi connectivity index (χ0n) is 33.9. The Labute approximate surface area is 319 Å². The van der Waals surface area contributed by atoms with Crippen LogP contribution < -0.4 is 0 Å². The lowest BCUT2D eigenvalue weighted by Crippen LogP contribution is -2.21. The summed E-state index contributed by atoms with van der Waals surface area (Å²) in [6.07, 6.45) is 26.8. The first-order valence-electron chi connectivity index (χ1n) is 21.3. The fraction of sp³-hybridized carbons (Fsp3) is 0.696. The zero-order valence-corrected chi connectivity index (χ0v) is 33.9. The summed E-state index contributed by atoms with van der Waals surface area (Å²) in [7, 11) is 4.31. The number of benzene rings is 2. The van der Waals surface area contributed by atoms with Gasteiger partial charge in [0, 0.05) is 12.8 Å². The summed E-state index contributed by atoms with van der Waals surface area (Å²) in [5, 5.41) is 0. The lowest BCUT2D eigenvalue weighted by Gasteiger charge is -2.16. The minimum Gasteiger partial charge on any atom is -0.461 e. The molecular weight excluding hydrogens is 645 g/mol. The molecule has 0 N–H and O–H groups in total. The van der Waals surface area contributed by atoms with Crippen molar-refractivity contribution in [3.63, 3.8) is 0 Å². The number of carbonyl (C=O) groups is 2. The normalized spacial score (nSPS) is 11.4. The average molecular weight is 721 g/mol. The molecule has 2 rings (SSSR count). The van der Waals surface area contributed by atoms with Gasteiger partial charge < -0.3 is 19.3 Å². The molecule has 2 aromatic rings. The molecule has 0 fully saturated rings. The molecule has 0 aliphatic rings. The van der Waals surface area contributed by atoms with Crippen LogP contribution in [0.5, 0.6) is 0 Å². The fourth-order valence-electron chi connectivity index (χ4n) is 6.65. The molecule has 0 unspecified atom stereocenters. The van der Waals surface area contributed by atoms with E-state index in [0.29, 0.717) is 26.1 Å². The van der Waals surface area contributed by atoms with Crippen molar-refractivity contribution < 1.29 is 19.1 Å². The number of hydrogen-bond donors (Lipinski definition) is 0. The molecule has 6 heteroatoms. The molecule has 0 aliphatic heterocycles. The van der Waals surface area contributed by atoms with E-state index in [4.69, 9.17) is 9.47 Å². The van der Waals surface area contributed by atoms with E-state index in [9.17, 15) is 9.59 Å². The summed E-state index contributed by atoms with van der Waals surface area (Å²) < 4.78 is 11.1. The maximum atomic E-state index is 12.3. The summed E-state index contributed by atoms with van der Waals surface area (Å²) in [5.74, 6) is -0.262. The largest absolute Gasteiger partial charge is 0.461 e. The van der Waals surface area contributed by atoms with Crippen LogP contribution in [0.1, 0.15) is 166 Å². The lowest BCUT2D eigenvalue weighted by atomic mass is 10.0. The van der Waals surface area contributed by atoms with E-state index in [1.54, 1.807) is 0 Å². The van der Waals surface area contributed by atoms with E-state index < -0.39 is 0 Å². The molecule has 0 amide bonds. The van der Waals surface area contributed by atoms with Crippen molar-refractivity contribution in [3.8, 4) is 11.1 Å². The molecule has 0 saturated carbocycles. The number of carbonyl (C=O) groups excluding carboxylic acids is 2. The van der Waals surface area contributed by atoms with Gasteiger partial charge in [-0.15, -0.1) is 0 Å². The Balaban J connectivity index is 1.52. The lowest BCUT2D eigenvalue weighted by molar-refractivity contribution is -0.146. The van der Waals surface area contributed by atoms with Gasteiger partial charge in [-0.3, -0.25) is 9.59 Å². The van der Waals surface area contributed by atoms with Gasteiger partial charge in [-0.25, -0.2) is 0 Å². The van der Waals surface area contributed by atoms with E-state index in [1.807, 2.05) is 24.3 Å². The van der Waals surface area contributed by atoms with E-state index in [2.05, 4.69) is 62.0 Å². The molecule has 6 nitrogen and oxygen atoms in total. The number of ether oxygens (including phenoxy) is 2. The van der Waals surface area contributed by atoms with E-state index >= 15 is 0 Å². The maximum Gasteiger partial charge on any atom is 0.306 e. The van der Waals surface area contributed by atoms with Crippen molar-refractivity contribution in [3.05, 3.63) is 59.7 Å². The third kappa shape index (κ3) is 23.8. The van der Waals surface area contributed by atoms with Crippen molar-refractivity contribution in [1.82, 2.24) is 9.80 Å². The van der Waals surface area contributed by atoms with Crippen LogP contribution in [-0.4, -0.2) is 62.0 Å². The number of nitrogens with zero attached hydrogens (tertiary/aromatic N) is 2. The summed E-state index contributed by atoms with van der Waals surface area (Å²) in [6.45, 7) is 9.20. The van der Waals surface area contributed by atoms with Crippen LogP contribution in [0.2, 0.25) is 0 Å². The molecule has 0 heterocycles. The average Bonchev–Trinajstić information content (AvgIpc) is 3.15. The van der Waals surface area contributed by atoms with Crippen molar-refractivity contribution in [1.29, 1.82) is 0 Å². The van der Waals surface area contributed by atoms with E-state index in [0.717, 1.165) is 61.3 Å². The minimum absolute atomic E-state index is 0.131. The van der Waals surface area contributed by atoms with Gasteiger partial charge in [-0.2, -0.15) is 0 Å². The Morgan fingerprint density at radius 2 is 0.712 bits per heavy atom. The van der Waals surface area contributed by atoms with E-state index in [1.165, 1.54) is 116 Å². The Kier molecular flexibility index (Phi) is 26.9. The maximum absolute atomic E-state index is 12.3. The van der Waals surface area contributed by atoms with Crippen LogP contribution in [0, 0.1) is 0 Å². The highest BCUT2D eigenvalue weighted by molar-refractivity contribution is 5.70. The van der Waals surface area contributed by atoms with Gasteiger partial charge in [-0.1, -0.05) is 165 Å². The van der Waals surface area contributed by atoms with Gasteiger partial charge in [0.05, 0.1) is 0 Å². The Morgan fingerprint density at radius 3 is 1.04 bits per heavy atom. The second-order valence-electron chi connectivity index (χ2n) is 15.2. The first kappa shape index (κ1) is 45.5. The number of unbranched alkanes of at least 4 members (excludes halogenated alkanes) is 16. The number of esters is 2. The molecule has 294 valence electrons. The van der Waals surface area contributed by atoms with Gasteiger partial charge in [0.25, 0.3) is 0 Å². The summed E-state index contributed by atoms with van der Waals surface area (Å²) in [5.41, 5.74) is 4.16.